The Balaban J connectivity index is 2.62. The van der Waals surface area contributed by atoms with E-state index in [4.69, 9.17) is 18.9 Å². The molecule has 0 fully saturated rings. The fraction of sp³-hybridized carbons (Fsp3) is 0.278. The third-order valence-corrected chi connectivity index (χ3v) is 3.56. The van der Waals surface area contributed by atoms with Gasteiger partial charge < -0.3 is 29.2 Å². The second-order valence-corrected chi connectivity index (χ2v) is 5.23. The number of phenols is 1. The van der Waals surface area contributed by atoms with E-state index < -0.39 is 5.97 Å². The zero-order valence-corrected chi connectivity index (χ0v) is 14.5. The number of aryl methyl sites for hydroxylation is 1. The Morgan fingerprint density at radius 1 is 1.04 bits per heavy atom. The monoisotopic (exact) mass is 348 g/mol. The van der Waals surface area contributed by atoms with Crippen LogP contribution < -0.4 is 14.2 Å². The van der Waals surface area contributed by atoms with Gasteiger partial charge in [0.1, 0.15) is 22.8 Å². The molecule has 2 N–H and O–H groups in total. The Morgan fingerprint density at radius 2 is 1.76 bits per heavy atom. The number of carbonyl (C=O) groups is 1. The Kier molecular flexibility index (Phi) is 5.71. The first-order chi connectivity index (χ1) is 11.9. The Labute approximate surface area is 145 Å². The number of ether oxygens (including phenoxy) is 4. The van der Waals surface area contributed by atoms with Crippen LogP contribution in [0.3, 0.4) is 0 Å². The highest BCUT2D eigenvalue weighted by molar-refractivity contribution is 5.95. The van der Waals surface area contributed by atoms with E-state index in [1.807, 2.05) is 0 Å². The van der Waals surface area contributed by atoms with Crippen LogP contribution >= 0.6 is 0 Å². The van der Waals surface area contributed by atoms with E-state index in [-0.39, 0.29) is 29.4 Å². The molecule has 0 bridgehead atoms. The zero-order chi connectivity index (χ0) is 18.6. The molecular weight excluding hydrogens is 328 g/mol. The first-order valence-corrected chi connectivity index (χ1v) is 7.40. The minimum Gasteiger partial charge on any atom is -0.507 e. The molecule has 134 valence electrons. The molecule has 0 aliphatic heterocycles. The lowest BCUT2D eigenvalue weighted by molar-refractivity contribution is 0.0594. The third kappa shape index (κ3) is 3.77. The minimum atomic E-state index is -0.745. The molecule has 0 amide bonds. The van der Waals surface area contributed by atoms with Gasteiger partial charge in [-0.15, -0.1) is 0 Å². The molecule has 0 unspecified atom stereocenters. The van der Waals surface area contributed by atoms with E-state index >= 15 is 0 Å². The lowest BCUT2D eigenvalue weighted by Crippen LogP contribution is -2.06. The molecule has 2 aromatic rings. The average molecular weight is 348 g/mol. The second-order valence-electron chi connectivity index (χ2n) is 5.23. The number of hydrogen-bond donors (Lipinski definition) is 2. The van der Waals surface area contributed by atoms with Crippen LogP contribution in [0.2, 0.25) is 0 Å². The van der Waals surface area contributed by atoms with Crippen molar-refractivity contribution < 1.29 is 34.0 Å². The normalized spacial score (nSPS) is 10.3. The molecule has 7 nitrogen and oxygen atoms in total. The Bertz CT molecular complexity index is 758. The molecule has 2 rings (SSSR count). The van der Waals surface area contributed by atoms with Crippen LogP contribution in [-0.2, 0) is 11.3 Å². The van der Waals surface area contributed by atoms with Gasteiger partial charge in [0, 0.05) is 11.6 Å². The minimum absolute atomic E-state index is 0.0857. The van der Waals surface area contributed by atoms with Gasteiger partial charge in [-0.25, -0.2) is 4.79 Å². The SMILES string of the molecule is COC(=O)c1c(O)cc(C)cc1Oc1c(CO)cc(OC)cc1OC. The highest BCUT2D eigenvalue weighted by Gasteiger charge is 2.22. The molecular formula is C18H20O7. The van der Waals surface area contributed by atoms with Crippen LogP contribution in [0.1, 0.15) is 21.5 Å². The van der Waals surface area contributed by atoms with Crippen molar-refractivity contribution in [3.63, 3.8) is 0 Å². The number of rotatable bonds is 6. The summed E-state index contributed by atoms with van der Waals surface area (Å²) in [7, 11) is 4.14. The van der Waals surface area contributed by atoms with Crippen LogP contribution in [0.5, 0.6) is 28.7 Å². The number of phenolic OH excluding ortho intramolecular Hbond substituents is 1. The Morgan fingerprint density at radius 3 is 2.32 bits per heavy atom. The summed E-state index contributed by atoms with van der Waals surface area (Å²) >= 11 is 0. The molecule has 0 spiro atoms. The van der Waals surface area contributed by atoms with Crippen molar-refractivity contribution in [2.75, 3.05) is 21.3 Å². The number of aliphatic hydroxyl groups is 1. The summed E-state index contributed by atoms with van der Waals surface area (Å²) in [5.74, 6) is 0.0719. The zero-order valence-electron chi connectivity index (χ0n) is 14.5. The predicted octanol–water partition coefficient (Wildman–Crippen LogP) is 2.79. The topological polar surface area (TPSA) is 94.5 Å². The molecule has 0 saturated carbocycles. The predicted molar refractivity (Wildman–Crippen MR) is 89.7 cm³/mol. The molecule has 7 heteroatoms. The van der Waals surface area contributed by atoms with Crippen molar-refractivity contribution in [1.29, 1.82) is 0 Å². The number of aliphatic hydroxyl groups excluding tert-OH is 1. The van der Waals surface area contributed by atoms with Crippen molar-refractivity contribution in [3.8, 4) is 28.7 Å². The van der Waals surface area contributed by atoms with Gasteiger partial charge in [0.2, 0.25) is 0 Å². The van der Waals surface area contributed by atoms with Crippen LogP contribution in [0.25, 0.3) is 0 Å². The van der Waals surface area contributed by atoms with E-state index in [0.29, 0.717) is 22.6 Å². The number of hydrogen-bond acceptors (Lipinski definition) is 7. The maximum Gasteiger partial charge on any atom is 0.345 e. The lowest BCUT2D eigenvalue weighted by atomic mass is 10.1. The summed E-state index contributed by atoms with van der Waals surface area (Å²) in [6.45, 7) is 1.40. The molecule has 0 saturated heterocycles. The quantitative estimate of drug-likeness (QED) is 0.775. The molecule has 0 radical (unpaired) electrons. The summed E-state index contributed by atoms with van der Waals surface area (Å²) in [6, 6.07) is 6.18. The number of aromatic hydroxyl groups is 1. The first kappa shape index (κ1) is 18.4. The van der Waals surface area contributed by atoms with Gasteiger partial charge in [-0.3, -0.25) is 0 Å². The van der Waals surface area contributed by atoms with Gasteiger partial charge in [-0.05, 0) is 30.7 Å². The summed E-state index contributed by atoms with van der Waals surface area (Å²) in [4.78, 5) is 12.0. The van der Waals surface area contributed by atoms with Gasteiger partial charge in [-0.2, -0.15) is 0 Å². The van der Waals surface area contributed by atoms with Gasteiger partial charge >= 0.3 is 5.97 Å². The van der Waals surface area contributed by atoms with Crippen LogP contribution in [0, 0.1) is 6.92 Å². The summed E-state index contributed by atoms with van der Waals surface area (Å²) < 4.78 is 21.0. The van der Waals surface area contributed by atoms with Crippen LogP contribution in [0.4, 0.5) is 0 Å². The fourth-order valence-corrected chi connectivity index (χ4v) is 2.37. The molecule has 0 aliphatic carbocycles. The van der Waals surface area contributed by atoms with Crippen molar-refractivity contribution in [3.05, 3.63) is 41.0 Å². The van der Waals surface area contributed by atoms with Crippen molar-refractivity contribution in [2.24, 2.45) is 0 Å². The number of methoxy groups -OCH3 is 3. The highest BCUT2D eigenvalue weighted by Crippen LogP contribution is 2.41. The molecule has 0 aliphatic rings. The highest BCUT2D eigenvalue weighted by atomic mass is 16.5. The summed E-state index contributed by atoms with van der Waals surface area (Å²) in [6.07, 6.45) is 0. The molecule has 0 heterocycles. The van der Waals surface area contributed by atoms with Crippen molar-refractivity contribution in [1.82, 2.24) is 0 Å². The van der Waals surface area contributed by atoms with E-state index in [0.717, 1.165) is 0 Å². The molecule has 2 aromatic carbocycles. The standard InChI is InChI=1S/C18H20O7/c1-10-5-13(20)16(18(21)24-4)14(6-10)25-17-11(9-19)7-12(22-2)8-15(17)23-3/h5-8,19-20H,9H2,1-4H3. The fourth-order valence-electron chi connectivity index (χ4n) is 2.37. The number of benzene rings is 2. The van der Waals surface area contributed by atoms with Gasteiger partial charge in [0.25, 0.3) is 0 Å². The van der Waals surface area contributed by atoms with Crippen molar-refractivity contribution in [2.45, 2.75) is 13.5 Å². The lowest BCUT2D eigenvalue weighted by Gasteiger charge is -2.17. The average Bonchev–Trinajstić information content (AvgIpc) is 2.60. The molecule has 0 atom stereocenters. The van der Waals surface area contributed by atoms with Gasteiger partial charge in [0.15, 0.2) is 11.5 Å². The largest absolute Gasteiger partial charge is 0.507 e. The molecule has 25 heavy (non-hydrogen) atoms. The van der Waals surface area contributed by atoms with Crippen LogP contribution in [-0.4, -0.2) is 37.5 Å². The Hall–Kier alpha value is -2.93. The maximum atomic E-state index is 12.0. The second kappa shape index (κ2) is 7.76. The van der Waals surface area contributed by atoms with Gasteiger partial charge in [-0.1, -0.05) is 0 Å². The first-order valence-electron chi connectivity index (χ1n) is 7.40. The summed E-state index contributed by atoms with van der Waals surface area (Å²) in [5.41, 5.74) is 0.959. The van der Waals surface area contributed by atoms with Crippen LogP contribution in [0.15, 0.2) is 24.3 Å². The van der Waals surface area contributed by atoms with E-state index in [2.05, 4.69) is 0 Å². The number of esters is 1. The van der Waals surface area contributed by atoms with E-state index in [1.165, 1.54) is 27.4 Å². The number of carbonyl (C=O) groups excluding carboxylic acids is 1. The molecule has 0 aromatic heterocycles. The smallest absolute Gasteiger partial charge is 0.345 e. The van der Waals surface area contributed by atoms with Gasteiger partial charge in [0.05, 0.1) is 27.9 Å². The maximum absolute atomic E-state index is 12.0. The summed E-state index contributed by atoms with van der Waals surface area (Å²) in [5, 5.41) is 19.7. The van der Waals surface area contributed by atoms with Crippen molar-refractivity contribution >= 4 is 5.97 Å². The van der Waals surface area contributed by atoms with E-state index in [9.17, 15) is 15.0 Å². The third-order valence-electron chi connectivity index (χ3n) is 3.56. The van der Waals surface area contributed by atoms with E-state index in [1.54, 1.807) is 25.1 Å².